The first kappa shape index (κ1) is 23.4. The molecule has 3 heterocycles. The predicted molar refractivity (Wildman–Crippen MR) is 127 cm³/mol. The zero-order valence-electron chi connectivity index (χ0n) is 19.0. The molecule has 0 aliphatic heterocycles. The first-order valence-electron chi connectivity index (χ1n) is 10.6. The average molecular weight is 484 g/mol. The second-order valence-corrected chi connectivity index (χ2v) is 8.58. The average Bonchev–Trinajstić information content (AvgIpc) is 3.13. The Hall–Kier alpha value is -3.72. The topological polar surface area (TPSA) is 116 Å². The number of benzene rings is 1. The number of nitrogens with zero attached hydrogens (tertiary/aromatic N) is 4. The fourth-order valence-corrected chi connectivity index (χ4v) is 4.16. The minimum absolute atomic E-state index is 0.103. The third kappa shape index (κ3) is 4.03. The van der Waals surface area contributed by atoms with Gasteiger partial charge in [-0.2, -0.15) is 0 Å². The molecule has 0 spiro atoms. The van der Waals surface area contributed by atoms with Gasteiger partial charge in [-0.3, -0.25) is 4.40 Å². The molecular formula is C24H23ClFN5O3. The molecule has 0 aliphatic rings. The normalized spacial score (nSPS) is 12.3. The Balaban J connectivity index is 1.96. The van der Waals surface area contributed by atoms with Crippen LogP contribution in [0.15, 0.2) is 36.8 Å². The van der Waals surface area contributed by atoms with Gasteiger partial charge in [-0.05, 0) is 32.9 Å². The Morgan fingerprint density at radius 1 is 1.26 bits per heavy atom. The van der Waals surface area contributed by atoms with E-state index in [1.807, 2.05) is 32.1 Å². The van der Waals surface area contributed by atoms with E-state index < -0.39 is 11.8 Å². The van der Waals surface area contributed by atoms with E-state index in [9.17, 15) is 4.79 Å². The first-order chi connectivity index (χ1) is 16.1. The van der Waals surface area contributed by atoms with Crippen molar-refractivity contribution in [2.24, 2.45) is 0 Å². The number of fused-ring (bicyclic) bond motifs is 1. The Labute approximate surface area is 200 Å². The van der Waals surface area contributed by atoms with Gasteiger partial charge in [0.2, 0.25) is 0 Å². The molecule has 0 fully saturated rings. The van der Waals surface area contributed by atoms with Gasteiger partial charge in [-0.25, -0.2) is 24.1 Å². The number of carboxylic acid groups (broad SMARTS) is 1. The Morgan fingerprint density at radius 3 is 2.62 bits per heavy atom. The molecule has 0 radical (unpaired) electrons. The van der Waals surface area contributed by atoms with E-state index in [-0.39, 0.29) is 34.1 Å². The number of ether oxygens (including phenoxy) is 1. The molecule has 0 saturated heterocycles. The Bertz CT molecular complexity index is 1400. The molecule has 0 bridgehead atoms. The highest BCUT2D eigenvalue weighted by Gasteiger charge is 2.28. The quantitative estimate of drug-likeness (QED) is 0.391. The van der Waals surface area contributed by atoms with E-state index in [2.05, 4.69) is 9.97 Å². The van der Waals surface area contributed by atoms with Crippen molar-refractivity contribution < 1.29 is 19.0 Å². The lowest BCUT2D eigenvalue weighted by molar-refractivity contribution is 0.0690. The number of imidazole rings is 1. The lowest BCUT2D eigenvalue weighted by Gasteiger charge is -2.23. The van der Waals surface area contributed by atoms with Crippen LogP contribution in [0, 0.1) is 12.7 Å². The predicted octanol–water partition coefficient (Wildman–Crippen LogP) is 5.11. The molecule has 0 saturated carbocycles. The van der Waals surface area contributed by atoms with Crippen LogP contribution in [0.4, 0.5) is 10.2 Å². The van der Waals surface area contributed by atoms with E-state index in [4.69, 9.17) is 32.2 Å². The largest absolute Gasteiger partial charge is 0.490 e. The van der Waals surface area contributed by atoms with Crippen LogP contribution in [0.1, 0.15) is 54.3 Å². The van der Waals surface area contributed by atoms with Gasteiger partial charge < -0.3 is 15.6 Å². The number of aromatic nitrogens is 4. The van der Waals surface area contributed by atoms with Crippen LogP contribution in [0.25, 0.3) is 16.6 Å². The number of rotatable bonds is 6. The summed E-state index contributed by atoms with van der Waals surface area (Å²) in [5.74, 6) is -0.946. The fraction of sp³-hybridized carbons (Fsp3) is 0.250. The Morgan fingerprint density at radius 2 is 2.00 bits per heavy atom. The molecular weight excluding hydrogens is 461 g/mol. The van der Waals surface area contributed by atoms with Gasteiger partial charge in [-0.1, -0.05) is 24.6 Å². The van der Waals surface area contributed by atoms with Gasteiger partial charge in [0.15, 0.2) is 5.82 Å². The maximum Gasteiger partial charge on any atom is 0.354 e. The standard InChI is InChI=1S/C24H23ClFN5O3/c1-11(2)34-21-15(12(3)23-30-13(4)20-22(27)28-7-8-31(20)23)9-16(25)19(26)18(21)14-5-6-17(24(32)33)29-10-14/h5-12H,1-4H3,(H2,27,28)(H,32,33)/t12-/m0/s1. The highest BCUT2D eigenvalue weighted by molar-refractivity contribution is 6.31. The van der Waals surface area contributed by atoms with Gasteiger partial charge in [0.05, 0.1) is 22.4 Å². The SMILES string of the molecule is Cc1nc([C@@H](C)c2cc(Cl)c(F)c(-c3ccc(C(=O)O)nc3)c2OC(C)C)n2ccnc(N)c12. The number of aromatic carboxylic acids is 1. The van der Waals surface area contributed by atoms with Crippen molar-refractivity contribution in [2.45, 2.75) is 39.7 Å². The summed E-state index contributed by atoms with van der Waals surface area (Å²) in [6.45, 7) is 7.42. The number of aryl methyl sites for hydroxylation is 1. The number of hydrogen-bond donors (Lipinski definition) is 2. The van der Waals surface area contributed by atoms with Crippen molar-refractivity contribution in [3.05, 3.63) is 70.4 Å². The molecule has 1 aromatic carbocycles. The maximum absolute atomic E-state index is 15.4. The van der Waals surface area contributed by atoms with Crippen molar-refractivity contribution in [3.63, 3.8) is 0 Å². The van der Waals surface area contributed by atoms with Crippen molar-refractivity contribution in [3.8, 4) is 16.9 Å². The van der Waals surface area contributed by atoms with Gasteiger partial charge >= 0.3 is 5.97 Å². The number of nitrogens with two attached hydrogens (primary N) is 1. The molecule has 176 valence electrons. The number of hydrogen-bond acceptors (Lipinski definition) is 6. The minimum atomic E-state index is -1.18. The molecule has 10 heteroatoms. The summed E-state index contributed by atoms with van der Waals surface area (Å²) in [5, 5.41) is 9.06. The minimum Gasteiger partial charge on any atom is -0.490 e. The molecule has 34 heavy (non-hydrogen) atoms. The first-order valence-corrected chi connectivity index (χ1v) is 10.9. The van der Waals surface area contributed by atoms with Gasteiger partial charge in [-0.15, -0.1) is 0 Å². The summed E-state index contributed by atoms with van der Waals surface area (Å²) < 4.78 is 23.4. The van der Waals surface area contributed by atoms with E-state index in [1.165, 1.54) is 24.4 Å². The lowest BCUT2D eigenvalue weighted by atomic mass is 9.93. The van der Waals surface area contributed by atoms with E-state index in [0.717, 1.165) is 0 Å². The lowest BCUT2D eigenvalue weighted by Crippen LogP contribution is -2.13. The summed E-state index contributed by atoms with van der Waals surface area (Å²) >= 11 is 6.34. The second kappa shape index (κ2) is 8.90. The molecule has 3 N–H and O–H groups in total. The van der Waals surface area contributed by atoms with Crippen molar-refractivity contribution >= 4 is 28.9 Å². The van der Waals surface area contributed by atoms with Crippen LogP contribution in [0.3, 0.4) is 0 Å². The highest BCUT2D eigenvalue weighted by Crippen LogP contribution is 2.44. The number of carboxylic acids is 1. The summed E-state index contributed by atoms with van der Waals surface area (Å²) in [6, 6.07) is 4.32. The molecule has 4 rings (SSSR count). The zero-order chi connectivity index (χ0) is 24.7. The van der Waals surface area contributed by atoms with Crippen molar-refractivity contribution in [1.82, 2.24) is 19.4 Å². The van der Waals surface area contributed by atoms with Crippen LogP contribution in [-0.2, 0) is 0 Å². The summed E-state index contributed by atoms with van der Waals surface area (Å²) in [4.78, 5) is 24.0. The van der Waals surface area contributed by atoms with Crippen LogP contribution in [-0.4, -0.2) is 36.5 Å². The van der Waals surface area contributed by atoms with Gasteiger partial charge in [0.25, 0.3) is 0 Å². The van der Waals surface area contributed by atoms with Crippen molar-refractivity contribution in [1.29, 1.82) is 0 Å². The van der Waals surface area contributed by atoms with Crippen LogP contribution >= 0.6 is 11.6 Å². The molecule has 0 aliphatic carbocycles. The molecule has 0 unspecified atom stereocenters. The van der Waals surface area contributed by atoms with E-state index in [1.54, 1.807) is 12.4 Å². The Kier molecular flexibility index (Phi) is 6.14. The smallest absolute Gasteiger partial charge is 0.354 e. The third-order valence-electron chi connectivity index (χ3n) is 5.46. The molecule has 4 aromatic rings. The number of carbonyl (C=O) groups is 1. The zero-order valence-corrected chi connectivity index (χ0v) is 19.8. The number of pyridine rings is 1. The second-order valence-electron chi connectivity index (χ2n) is 8.18. The maximum atomic E-state index is 15.4. The summed E-state index contributed by atoms with van der Waals surface area (Å²) in [7, 11) is 0. The van der Waals surface area contributed by atoms with Gasteiger partial charge in [0.1, 0.15) is 28.6 Å². The number of nitrogen functional groups attached to an aromatic ring is 1. The number of halogens is 2. The molecule has 0 amide bonds. The summed E-state index contributed by atoms with van der Waals surface area (Å²) in [6.07, 6.45) is 4.36. The number of anilines is 1. The van der Waals surface area contributed by atoms with Crippen molar-refractivity contribution in [2.75, 3.05) is 5.73 Å². The van der Waals surface area contributed by atoms with Gasteiger partial charge in [0, 0.05) is 35.6 Å². The van der Waals surface area contributed by atoms with Crippen LogP contribution in [0.5, 0.6) is 5.75 Å². The third-order valence-corrected chi connectivity index (χ3v) is 5.74. The van der Waals surface area contributed by atoms with E-state index >= 15 is 4.39 Å². The highest BCUT2D eigenvalue weighted by atomic mass is 35.5. The monoisotopic (exact) mass is 483 g/mol. The fourth-order valence-electron chi connectivity index (χ4n) is 3.95. The van der Waals surface area contributed by atoms with Crippen LogP contribution in [0.2, 0.25) is 5.02 Å². The van der Waals surface area contributed by atoms with E-state index in [0.29, 0.717) is 34.0 Å². The van der Waals surface area contributed by atoms with Crippen LogP contribution < -0.4 is 10.5 Å². The molecule has 3 aromatic heterocycles. The molecule has 8 nitrogen and oxygen atoms in total. The summed E-state index contributed by atoms with van der Waals surface area (Å²) in [5.41, 5.74) is 8.37. The molecule has 1 atom stereocenters.